The smallest absolute Gasteiger partial charge is 0.228 e. The topological polar surface area (TPSA) is 48.1 Å². The van der Waals surface area contributed by atoms with Crippen LogP contribution in [-0.2, 0) is 11.2 Å². The van der Waals surface area contributed by atoms with Crippen molar-refractivity contribution in [2.45, 2.75) is 45.2 Å². The normalized spacial score (nSPS) is 30.0. The predicted octanol–water partition coefficient (Wildman–Crippen LogP) is 3.34. The molecule has 136 valence electrons. The number of fused-ring (bicyclic) bond motifs is 2. The van der Waals surface area contributed by atoms with Crippen LogP contribution in [0.1, 0.15) is 37.8 Å². The molecule has 0 bridgehead atoms. The third-order valence-electron chi connectivity index (χ3n) is 6.41. The Bertz CT molecular complexity index is 896. The number of aromatic nitrogens is 1. The van der Waals surface area contributed by atoms with Gasteiger partial charge in [-0.15, -0.1) is 0 Å². The molecule has 1 aliphatic heterocycles. The maximum absolute atomic E-state index is 12.9. The summed E-state index contributed by atoms with van der Waals surface area (Å²) in [6.07, 6.45) is 7.72. The fraction of sp³-hybridized carbons (Fsp3) is 0.500. The molecule has 0 radical (unpaired) electrons. The fourth-order valence-corrected chi connectivity index (χ4v) is 4.84. The highest BCUT2D eigenvalue weighted by molar-refractivity contribution is 5.99. The number of nitrogens with zero attached hydrogens (tertiary/aromatic N) is 1. The summed E-state index contributed by atoms with van der Waals surface area (Å²) >= 11 is 0. The van der Waals surface area contributed by atoms with Crippen LogP contribution in [0.4, 0.5) is 0 Å². The van der Waals surface area contributed by atoms with E-state index in [2.05, 4.69) is 59.5 Å². The molecule has 1 saturated carbocycles. The van der Waals surface area contributed by atoms with E-state index >= 15 is 0 Å². The Balaban J connectivity index is 1.54. The zero-order valence-electron chi connectivity index (χ0n) is 15.6. The summed E-state index contributed by atoms with van der Waals surface area (Å²) in [5.41, 5.74) is 5.28. The van der Waals surface area contributed by atoms with Crippen molar-refractivity contribution in [3.8, 4) is 0 Å². The minimum atomic E-state index is -0.0450. The van der Waals surface area contributed by atoms with E-state index in [0.29, 0.717) is 18.0 Å². The Morgan fingerprint density at radius 3 is 3.00 bits per heavy atom. The van der Waals surface area contributed by atoms with Crippen molar-refractivity contribution in [3.05, 3.63) is 41.6 Å². The van der Waals surface area contributed by atoms with Gasteiger partial charge in [-0.3, -0.25) is 9.69 Å². The molecule has 26 heavy (non-hydrogen) atoms. The average molecular weight is 349 g/mol. The fourth-order valence-electron chi connectivity index (χ4n) is 4.84. The molecule has 2 N–H and O–H groups in total. The Morgan fingerprint density at radius 2 is 2.23 bits per heavy atom. The van der Waals surface area contributed by atoms with Crippen LogP contribution in [0.2, 0.25) is 0 Å². The number of hydrogen-bond donors (Lipinski definition) is 2. The number of aromatic amines is 1. The molecule has 3 aliphatic rings. The predicted molar refractivity (Wildman–Crippen MR) is 105 cm³/mol. The van der Waals surface area contributed by atoms with E-state index in [9.17, 15) is 4.79 Å². The van der Waals surface area contributed by atoms with Crippen LogP contribution >= 0.6 is 0 Å². The molecule has 2 heterocycles. The third kappa shape index (κ3) is 2.50. The summed E-state index contributed by atoms with van der Waals surface area (Å²) in [4.78, 5) is 18.8. The monoisotopic (exact) mass is 349 g/mol. The zero-order chi connectivity index (χ0) is 17.8. The van der Waals surface area contributed by atoms with Crippen LogP contribution < -0.4 is 5.32 Å². The van der Waals surface area contributed by atoms with Gasteiger partial charge in [-0.1, -0.05) is 32.1 Å². The molecule has 5 rings (SSSR count). The quantitative estimate of drug-likeness (QED) is 0.889. The van der Waals surface area contributed by atoms with E-state index in [1.54, 1.807) is 0 Å². The van der Waals surface area contributed by atoms with Gasteiger partial charge in [0.25, 0.3) is 0 Å². The summed E-state index contributed by atoms with van der Waals surface area (Å²) in [5.74, 6) is 0.801. The first-order valence-corrected chi connectivity index (χ1v) is 10.0. The molecule has 4 nitrogen and oxygen atoms in total. The second-order valence-corrected chi connectivity index (χ2v) is 8.31. The lowest BCUT2D eigenvalue weighted by Gasteiger charge is -2.41. The molecule has 4 atom stereocenters. The summed E-state index contributed by atoms with van der Waals surface area (Å²) < 4.78 is 0. The lowest BCUT2D eigenvalue weighted by Crippen LogP contribution is -2.49. The van der Waals surface area contributed by atoms with E-state index in [-0.39, 0.29) is 11.8 Å². The molecule has 4 heteroatoms. The first-order valence-electron chi connectivity index (χ1n) is 10.0. The lowest BCUT2D eigenvalue weighted by molar-refractivity contribution is -0.124. The number of carbonyl (C=O) groups is 1. The molecule has 1 aromatic heterocycles. The van der Waals surface area contributed by atoms with E-state index in [1.165, 1.54) is 27.6 Å². The molecule has 1 amide bonds. The molecule has 1 unspecified atom stereocenters. The highest BCUT2D eigenvalue weighted by Crippen LogP contribution is 2.41. The first-order chi connectivity index (χ1) is 12.7. The highest BCUT2D eigenvalue weighted by Gasteiger charge is 2.39. The van der Waals surface area contributed by atoms with Crippen LogP contribution in [0.3, 0.4) is 0 Å². The maximum atomic E-state index is 12.9. The Hall–Kier alpha value is -2.07. The van der Waals surface area contributed by atoms with Crippen molar-refractivity contribution < 1.29 is 4.79 Å². The third-order valence-corrected chi connectivity index (χ3v) is 6.41. The van der Waals surface area contributed by atoms with Gasteiger partial charge in [0.1, 0.15) is 0 Å². The molecule has 2 aromatic rings. The van der Waals surface area contributed by atoms with Crippen molar-refractivity contribution in [2.24, 2.45) is 11.8 Å². The molecule has 0 saturated heterocycles. The zero-order valence-corrected chi connectivity index (χ0v) is 15.6. The molecule has 1 fully saturated rings. The lowest BCUT2D eigenvalue weighted by atomic mass is 9.79. The van der Waals surface area contributed by atoms with E-state index in [1.807, 2.05) is 0 Å². The van der Waals surface area contributed by atoms with Gasteiger partial charge >= 0.3 is 0 Å². The number of benzene rings is 1. The molecular formula is C22H27N3O. The Labute approximate surface area is 154 Å². The SMILES string of the molecule is CCCN1C[C@H](C(=O)N[C@@H]2C[C@H]2C)C=C2c3cccc4[nH]cc(c34)CC21. The van der Waals surface area contributed by atoms with Gasteiger partial charge in [-0.25, -0.2) is 0 Å². The first kappa shape index (κ1) is 16.1. The van der Waals surface area contributed by atoms with E-state index in [0.717, 1.165) is 32.4 Å². The molecule has 0 spiro atoms. The van der Waals surface area contributed by atoms with Crippen molar-refractivity contribution in [1.29, 1.82) is 0 Å². The summed E-state index contributed by atoms with van der Waals surface area (Å²) in [6.45, 7) is 6.31. The molecular weight excluding hydrogens is 322 g/mol. The highest BCUT2D eigenvalue weighted by atomic mass is 16.2. The van der Waals surface area contributed by atoms with Crippen LogP contribution in [0, 0.1) is 11.8 Å². The van der Waals surface area contributed by atoms with Gasteiger partial charge < -0.3 is 10.3 Å². The van der Waals surface area contributed by atoms with Gasteiger partial charge in [0.05, 0.1) is 5.92 Å². The average Bonchev–Trinajstić information content (AvgIpc) is 3.17. The van der Waals surface area contributed by atoms with Crippen molar-refractivity contribution in [1.82, 2.24) is 15.2 Å². The second kappa shape index (κ2) is 5.98. The van der Waals surface area contributed by atoms with E-state index < -0.39 is 0 Å². The summed E-state index contributed by atoms with van der Waals surface area (Å²) in [7, 11) is 0. The largest absolute Gasteiger partial charge is 0.361 e. The van der Waals surface area contributed by atoms with Crippen molar-refractivity contribution in [3.63, 3.8) is 0 Å². The summed E-state index contributed by atoms with van der Waals surface area (Å²) in [6, 6.07) is 7.29. The van der Waals surface area contributed by atoms with Crippen molar-refractivity contribution in [2.75, 3.05) is 13.1 Å². The van der Waals surface area contributed by atoms with Crippen LogP contribution in [0.25, 0.3) is 16.5 Å². The second-order valence-electron chi connectivity index (χ2n) is 8.31. The number of carbonyl (C=O) groups excluding carboxylic acids is 1. The van der Waals surface area contributed by atoms with Crippen LogP contribution in [0.15, 0.2) is 30.5 Å². The molecule has 2 aliphatic carbocycles. The number of hydrogen-bond acceptors (Lipinski definition) is 2. The van der Waals surface area contributed by atoms with Crippen LogP contribution in [0.5, 0.6) is 0 Å². The summed E-state index contributed by atoms with van der Waals surface area (Å²) in [5, 5.41) is 4.60. The minimum absolute atomic E-state index is 0.0450. The van der Waals surface area contributed by atoms with Gasteiger partial charge in [0.15, 0.2) is 0 Å². The minimum Gasteiger partial charge on any atom is -0.361 e. The Kier molecular flexibility index (Phi) is 3.71. The van der Waals surface area contributed by atoms with Crippen LogP contribution in [-0.4, -0.2) is 41.0 Å². The van der Waals surface area contributed by atoms with E-state index in [4.69, 9.17) is 0 Å². The standard InChI is InChI=1S/C22H27N3O/c1-3-7-25-12-15(22(26)24-19-8-13(19)2)9-17-16-5-4-6-18-21(16)14(11-23-18)10-20(17)25/h4-6,9,11,13,15,19-20,23H,3,7-8,10,12H2,1-2H3,(H,24,26)/t13-,15-,19-,20?/m1/s1. The van der Waals surface area contributed by atoms with Gasteiger partial charge in [0, 0.05) is 35.7 Å². The molecule has 1 aromatic carbocycles. The van der Waals surface area contributed by atoms with Crippen molar-refractivity contribution >= 4 is 22.4 Å². The number of rotatable bonds is 4. The van der Waals surface area contributed by atoms with Gasteiger partial charge in [0.2, 0.25) is 5.91 Å². The number of H-pyrrole nitrogens is 1. The maximum Gasteiger partial charge on any atom is 0.228 e. The Morgan fingerprint density at radius 1 is 1.38 bits per heavy atom. The van der Waals surface area contributed by atoms with Gasteiger partial charge in [-0.2, -0.15) is 0 Å². The number of nitrogens with one attached hydrogen (secondary N) is 2. The van der Waals surface area contributed by atoms with Gasteiger partial charge in [-0.05, 0) is 54.5 Å². The number of amides is 1.